The van der Waals surface area contributed by atoms with E-state index in [1.165, 1.54) is 18.2 Å². The van der Waals surface area contributed by atoms with Crippen molar-refractivity contribution in [3.05, 3.63) is 48.3 Å². The van der Waals surface area contributed by atoms with Crippen LogP contribution in [0.2, 0.25) is 0 Å². The molecule has 1 spiro atoms. The van der Waals surface area contributed by atoms with Crippen molar-refractivity contribution in [3.8, 4) is 16.9 Å². The summed E-state index contributed by atoms with van der Waals surface area (Å²) in [5, 5.41) is 3.46. The number of hydrogen-bond acceptors (Lipinski definition) is 4. The molecule has 2 unspecified atom stereocenters. The van der Waals surface area contributed by atoms with Gasteiger partial charge in [-0.25, -0.2) is 0 Å². The lowest BCUT2D eigenvalue weighted by Crippen LogP contribution is -2.47. The van der Waals surface area contributed by atoms with E-state index in [1.54, 1.807) is 30.3 Å². The summed E-state index contributed by atoms with van der Waals surface area (Å²) >= 11 is 0. The minimum atomic E-state index is -4.73. The van der Waals surface area contributed by atoms with E-state index in [2.05, 4.69) is 15.0 Å². The van der Waals surface area contributed by atoms with Gasteiger partial charge in [0.15, 0.2) is 0 Å². The zero-order valence-corrected chi connectivity index (χ0v) is 15.3. The van der Waals surface area contributed by atoms with Crippen LogP contribution in [0, 0.1) is 0 Å². The van der Waals surface area contributed by atoms with Crippen LogP contribution in [0.4, 0.5) is 13.2 Å². The summed E-state index contributed by atoms with van der Waals surface area (Å²) in [7, 11) is 1.81. The van der Waals surface area contributed by atoms with Gasteiger partial charge in [0.05, 0.1) is 11.7 Å². The molecule has 8 heteroatoms. The van der Waals surface area contributed by atoms with Gasteiger partial charge in [0.1, 0.15) is 11.3 Å². The van der Waals surface area contributed by atoms with Gasteiger partial charge in [0, 0.05) is 19.8 Å². The topological polar surface area (TPSA) is 54.5 Å². The lowest BCUT2D eigenvalue weighted by molar-refractivity contribution is -0.274. The second-order valence-electron chi connectivity index (χ2n) is 7.34. The largest absolute Gasteiger partial charge is 0.573 e. The first kappa shape index (κ1) is 21.1. The average molecular weight is 407 g/mol. The molecular weight excluding hydrogens is 383 g/mol. The van der Waals surface area contributed by atoms with E-state index in [1.807, 2.05) is 6.07 Å². The van der Waals surface area contributed by atoms with Crippen molar-refractivity contribution < 1.29 is 22.7 Å². The number of hydrogen-bond donors (Lipinski definition) is 1. The van der Waals surface area contributed by atoms with Gasteiger partial charge in [-0.15, -0.1) is 13.2 Å². The van der Waals surface area contributed by atoms with Crippen molar-refractivity contribution in [2.75, 3.05) is 13.6 Å². The number of pyridine rings is 1. The molecule has 2 aliphatic rings. The van der Waals surface area contributed by atoms with Gasteiger partial charge in [-0.05, 0) is 54.7 Å². The summed E-state index contributed by atoms with van der Waals surface area (Å²) in [5.41, 5.74) is 1.61. The molecule has 2 atom stereocenters. The predicted molar refractivity (Wildman–Crippen MR) is 103 cm³/mol. The number of carbonyl (C=O) groups excluding carboxylic acids is 1. The lowest BCUT2D eigenvalue weighted by atomic mass is 9.96. The summed E-state index contributed by atoms with van der Waals surface area (Å²) < 4.78 is 41.4. The maximum atomic E-state index is 12.5. The number of likely N-dealkylation sites (N-methyl/N-ethyl adjacent to an activating group) is 1. The Kier molecular flexibility index (Phi) is 5.58. The smallest absolute Gasteiger partial charge is 0.406 e. The molecule has 2 aliphatic heterocycles. The van der Waals surface area contributed by atoms with E-state index in [-0.39, 0.29) is 25.1 Å². The Morgan fingerprint density at radius 3 is 2.66 bits per heavy atom. The second kappa shape index (κ2) is 7.67. The molecule has 3 heterocycles. The second-order valence-corrected chi connectivity index (χ2v) is 7.34. The lowest BCUT2D eigenvalue weighted by Gasteiger charge is -2.23. The van der Waals surface area contributed by atoms with Crippen LogP contribution >= 0.6 is 0 Å². The number of nitrogens with one attached hydrogen (secondary N) is 1. The van der Waals surface area contributed by atoms with E-state index in [0.717, 1.165) is 37.1 Å². The predicted octanol–water partition coefficient (Wildman–Crippen LogP) is 4.31. The van der Waals surface area contributed by atoms with Crippen molar-refractivity contribution in [3.63, 3.8) is 0 Å². The fraction of sp³-hybridized carbons (Fsp3) is 0.429. The first-order valence-electron chi connectivity index (χ1n) is 9.11. The van der Waals surface area contributed by atoms with Crippen molar-refractivity contribution in [1.29, 1.82) is 0 Å². The van der Waals surface area contributed by atoms with Crippen LogP contribution in [0.5, 0.6) is 5.75 Å². The van der Waals surface area contributed by atoms with Crippen molar-refractivity contribution in [2.45, 2.75) is 44.6 Å². The van der Waals surface area contributed by atoms with Crippen LogP contribution in [0.1, 0.15) is 38.4 Å². The van der Waals surface area contributed by atoms with Crippen molar-refractivity contribution in [2.24, 2.45) is 0 Å². The van der Waals surface area contributed by atoms with Crippen LogP contribution in [0.3, 0.4) is 0 Å². The molecule has 0 radical (unpaired) electrons. The van der Waals surface area contributed by atoms with Gasteiger partial charge in [0.25, 0.3) is 0 Å². The Morgan fingerprint density at radius 2 is 1.97 bits per heavy atom. The highest BCUT2D eigenvalue weighted by atomic mass is 19.4. The number of aromatic nitrogens is 1. The number of likely N-dealkylation sites (tertiary alicyclic amines) is 1. The maximum Gasteiger partial charge on any atom is 0.573 e. The first-order valence-corrected chi connectivity index (χ1v) is 9.11. The van der Waals surface area contributed by atoms with E-state index in [0.29, 0.717) is 5.56 Å². The van der Waals surface area contributed by atoms with Gasteiger partial charge in [-0.3, -0.25) is 15.1 Å². The Balaban J connectivity index is 0.00000240. The third kappa shape index (κ3) is 4.22. The molecule has 156 valence electrons. The summed E-state index contributed by atoms with van der Waals surface area (Å²) in [5.74, 6) is -0.149. The Bertz CT molecular complexity index is 903. The number of amides is 1. The molecule has 2 fully saturated rings. The minimum Gasteiger partial charge on any atom is -0.406 e. The molecule has 0 saturated carbocycles. The van der Waals surface area contributed by atoms with Crippen molar-refractivity contribution in [1.82, 2.24) is 15.2 Å². The molecular formula is C21H24F3N3O2. The van der Waals surface area contributed by atoms with Crippen LogP contribution < -0.4 is 10.1 Å². The van der Waals surface area contributed by atoms with E-state index >= 15 is 0 Å². The van der Waals surface area contributed by atoms with Crippen LogP contribution in [0.15, 0.2) is 42.6 Å². The molecule has 1 aromatic heterocycles. The van der Waals surface area contributed by atoms with Crippen LogP contribution in [-0.2, 0) is 4.79 Å². The number of halogens is 3. The Labute approximate surface area is 167 Å². The third-order valence-corrected chi connectivity index (χ3v) is 5.48. The van der Waals surface area contributed by atoms with Gasteiger partial charge < -0.3 is 9.64 Å². The number of ether oxygens (including phenoxy) is 1. The van der Waals surface area contributed by atoms with E-state index < -0.39 is 11.9 Å². The number of alkyl halides is 3. The molecule has 5 nitrogen and oxygen atoms in total. The fourth-order valence-electron chi connectivity index (χ4n) is 4.08. The first-order chi connectivity index (χ1) is 13.3. The number of nitrogens with zero attached hydrogens (tertiary/aromatic N) is 2. The van der Waals surface area contributed by atoms with E-state index in [9.17, 15) is 18.0 Å². The maximum absolute atomic E-state index is 12.5. The molecule has 2 saturated heterocycles. The number of benzene rings is 1. The van der Waals surface area contributed by atoms with Crippen molar-refractivity contribution >= 4 is 5.91 Å². The SMILES string of the molecule is C.CN1CCC2(CCC(c3cc(-c4cccc(OC(F)(F)F)c4)ccn3)N2)C1=O. The van der Waals surface area contributed by atoms with E-state index in [4.69, 9.17) is 0 Å². The third-order valence-electron chi connectivity index (χ3n) is 5.48. The van der Waals surface area contributed by atoms with Gasteiger partial charge in [-0.1, -0.05) is 19.6 Å². The van der Waals surface area contributed by atoms with Gasteiger partial charge in [0.2, 0.25) is 5.91 Å². The highest BCUT2D eigenvalue weighted by Gasteiger charge is 2.50. The van der Waals surface area contributed by atoms with Gasteiger partial charge >= 0.3 is 6.36 Å². The Morgan fingerprint density at radius 1 is 1.21 bits per heavy atom. The standard InChI is InChI=1S/C20H20F3N3O2.CH4/c1-26-10-8-19(18(26)27)7-5-16(25-19)17-12-14(6-9-24-17)13-3-2-4-15(11-13)28-20(21,22)23;/h2-4,6,9,11-12,16,25H,5,7-8,10H2,1H3;1H4. The summed E-state index contributed by atoms with van der Waals surface area (Å²) in [6.45, 7) is 0.734. The van der Waals surface area contributed by atoms with Crippen LogP contribution in [-0.4, -0.2) is 41.3 Å². The summed E-state index contributed by atoms with van der Waals surface area (Å²) in [4.78, 5) is 18.7. The zero-order valence-electron chi connectivity index (χ0n) is 15.3. The molecule has 1 N–H and O–H groups in total. The molecule has 1 aromatic carbocycles. The molecule has 29 heavy (non-hydrogen) atoms. The minimum absolute atomic E-state index is 0. The highest BCUT2D eigenvalue weighted by Crippen LogP contribution is 2.39. The monoisotopic (exact) mass is 407 g/mol. The average Bonchev–Trinajstić information content (AvgIpc) is 3.21. The molecule has 1 amide bonds. The molecule has 2 aromatic rings. The number of carbonyl (C=O) groups is 1. The molecule has 0 aliphatic carbocycles. The molecule has 0 bridgehead atoms. The summed E-state index contributed by atoms with van der Waals surface area (Å²) in [6, 6.07) is 9.40. The zero-order chi connectivity index (χ0) is 19.9. The fourth-order valence-corrected chi connectivity index (χ4v) is 4.08. The van der Waals surface area contributed by atoms with Crippen LogP contribution in [0.25, 0.3) is 11.1 Å². The Hall–Kier alpha value is -2.61. The summed E-state index contributed by atoms with van der Waals surface area (Å²) in [6.07, 6.45) is -0.785. The quantitative estimate of drug-likeness (QED) is 0.824. The molecule has 4 rings (SSSR count). The highest BCUT2D eigenvalue weighted by molar-refractivity contribution is 5.88. The van der Waals surface area contributed by atoms with Gasteiger partial charge in [-0.2, -0.15) is 0 Å². The number of rotatable bonds is 3. The normalized spacial score (nSPS) is 24.1.